The Balaban J connectivity index is 2.96. The molecule has 0 spiro atoms. The van der Waals surface area contributed by atoms with Crippen LogP contribution in [-0.2, 0) is 0 Å². The molecule has 1 aromatic carbocycles. The van der Waals surface area contributed by atoms with Gasteiger partial charge in [0.15, 0.2) is 5.75 Å². The first-order chi connectivity index (χ1) is 6.74. The van der Waals surface area contributed by atoms with E-state index in [1.54, 1.807) is 12.1 Å². The van der Waals surface area contributed by atoms with Gasteiger partial charge in [0.05, 0.1) is 5.69 Å². The number of fused-ring (bicyclic) bond motifs is 1. The van der Waals surface area contributed by atoms with Crippen molar-refractivity contribution in [3.63, 3.8) is 0 Å². The second-order valence-electron chi connectivity index (χ2n) is 2.82. The van der Waals surface area contributed by atoms with Gasteiger partial charge in [0.2, 0.25) is 0 Å². The van der Waals surface area contributed by atoms with Crippen molar-refractivity contribution in [1.82, 2.24) is 4.98 Å². The second kappa shape index (κ2) is 2.95. The van der Waals surface area contributed by atoms with Crippen molar-refractivity contribution in [2.75, 3.05) is 5.73 Å². The molecule has 0 saturated heterocycles. The van der Waals surface area contributed by atoms with Gasteiger partial charge >= 0.3 is 0 Å². The van der Waals surface area contributed by atoms with Crippen molar-refractivity contribution in [1.29, 1.82) is 0 Å². The zero-order valence-corrected chi connectivity index (χ0v) is 7.14. The van der Waals surface area contributed by atoms with Gasteiger partial charge in [0, 0.05) is 11.6 Å². The molecule has 5 heteroatoms. The van der Waals surface area contributed by atoms with E-state index < -0.39 is 0 Å². The highest BCUT2D eigenvalue weighted by atomic mass is 16.3. The average molecular weight is 189 g/mol. The number of aromatic hydroxyl groups is 1. The fourth-order valence-corrected chi connectivity index (χ4v) is 1.31. The molecule has 0 fully saturated rings. The third-order valence-electron chi connectivity index (χ3n) is 1.97. The van der Waals surface area contributed by atoms with Crippen LogP contribution in [0, 0.1) is 4.91 Å². The highest BCUT2D eigenvalue weighted by molar-refractivity contribution is 5.97. The molecule has 1 heterocycles. The number of nitroso groups, excluding NO2 is 1. The normalized spacial score (nSPS) is 10.3. The van der Waals surface area contributed by atoms with Crippen LogP contribution in [0.5, 0.6) is 5.75 Å². The number of hydrogen-bond acceptors (Lipinski definition) is 5. The van der Waals surface area contributed by atoms with Crippen LogP contribution in [0.4, 0.5) is 11.4 Å². The zero-order chi connectivity index (χ0) is 10.1. The van der Waals surface area contributed by atoms with Gasteiger partial charge in [-0.25, -0.2) is 0 Å². The van der Waals surface area contributed by atoms with Crippen LogP contribution >= 0.6 is 0 Å². The van der Waals surface area contributed by atoms with E-state index in [0.29, 0.717) is 10.9 Å². The summed E-state index contributed by atoms with van der Waals surface area (Å²) in [5.74, 6) is -0.118. The fourth-order valence-electron chi connectivity index (χ4n) is 1.31. The van der Waals surface area contributed by atoms with Crippen LogP contribution < -0.4 is 5.73 Å². The Hall–Kier alpha value is -2.17. The van der Waals surface area contributed by atoms with Crippen molar-refractivity contribution >= 4 is 22.3 Å². The van der Waals surface area contributed by atoms with Gasteiger partial charge in [-0.05, 0) is 23.4 Å². The lowest BCUT2D eigenvalue weighted by atomic mass is 10.1. The molecule has 3 N–H and O–H groups in total. The summed E-state index contributed by atoms with van der Waals surface area (Å²) in [6.45, 7) is 0. The first-order valence-corrected chi connectivity index (χ1v) is 3.93. The molecule has 0 radical (unpaired) electrons. The van der Waals surface area contributed by atoms with Gasteiger partial charge in [-0.2, -0.15) is 0 Å². The Labute approximate surface area is 79.2 Å². The molecular weight excluding hydrogens is 182 g/mol. The molecule has 0 aliphatic heterocycles. The van der Waals surface area contributed by atoms with E-state index in [9.17, 15) is 10.0 Å². The van der Waals surface area contributed by atoms with Crippen LogP contribution in [0.3, 0.4) is 0 Å². The number of nitrogens with two attached hydrogens (primary N) is 1. The maximum Gasteiger partial charge on any atom is 0.165 e. The number of aromatic nitrogens is 1. The SMILES string of the molecule is Nc1cc(N=O)c2cccnc2c1O. The Morgan fingerprint density at radius 2 is 2.29 bits per heavy atom. The summed E-state index contributed by atoms with van der Waals surface area (Å²) in [6, 6.07) is 4.64. The third kappa shape index (κ3) is 1.06. The Kier molecular flexibility index (Phi) is 1.78. The number of rotatable bonds is 1. The molecule has 0 bridgehead atoms. The summed E-state index contributed by atoms with van der Waals surface area (Å²) < 4.78 is 0. The maximum absolute atomic E-state index is 10.5. The van der Waals surface area contributed by atoms with Crippen LogP contribution in [0.2, 0.25) is 0 Å². The Morgan fingerprint density at radius 1 is 1.50 bits per heavy atom. The summed E-state index contributed by atoms with van der Waals surface area (Å²) >= 11 is 0. The molecule has 2 aromatic rings. The third-order valence-corrected chi connectivity index (χ3v) is 1.97. The number of phenols is 1. The van der Waals surface area contributed by atoms with Crippen molar-refractivity contribution in [2.45, 2.75) is 0 Å². The molecule has 0 aliphatic rings. The van der Waals surface area contributed by atoms with Crippen molar-refractivity contribution in [3.05, 3.63) is 29.3 Å². The minimum Gasteiger partial charge on any atom is -0.504 e. The minimum absolute atomic E-state index is 0.103. The maximum atomic E-state index is 10.5. The molecule has 0 aliphatic carbocycles. The lowest BCUT2D eigenvalue weighted by molar-refractivity contribution is 0.483. The monoisotopic (exact) mass is 189 g/mol. The Bertz CT molecular complexity index is 511. The number of pyridine rings is 1. The smallest absolute Gasteiger partial charge is 0.165 e. The fraction of sp³-hybridized carbons (Fsp3) is 0. The van der Waals surface area contributed by atoms with E-state index in [4.69, 9.17) is 5.73 Å². The molecular formula is C9H7N3O2. The summed E-state index contributed by atoms with van der Waals surface area (Å²) in [6.07, 6.45) is 1.51. The summed E-state index contributed by atoms with van der Waals surface area (Å²) in [7, 11) is 0. The molecule has 0 atom stereocenters. The average Bonchev–Trinajstić information content (AvgIpc) is 2.23. The van der Waals surface area contributed by atoms with Crippen LogP contribution in [0.1, 0.15) is 0 Å². The second-order valence-corrected chi connectivity index (χ2v) is 2.82. The van der Waals surface area contributed by atoms with Crippen LogP contribution in [0.15, 0.2) is 29.6 Å². The minimum atomic E-state index is -0.118. The van der Waals surface area contributed by atoms with E-state index in [-0.39, 0.29) is 17.1 Å². The van der Waals surface area contributed by atoms with Gasteiger partial charge in [-0.3, -0.25) is 4.98 Å². The molecule has 0 unspecified atom stereocenters. The number of hydrogen-bond donors (Lipinski definition) is 2. The predicted octanol–water partition coefficient (Wildman–Crippen LogP) is 1.92. The number of nitrogen functional groups attached to an aromatic ring is 1. The number of anilines is 1. The number of phenolic OH excluding ortho intramolecular Hbond substituents is 1. The van der Waals surface area contributed by atoms with Gasteiger partial charge in [0.25, 0.3) is 0 Å². The van der Waals surface area contributed by atoms with Crippen LogP contribution in [-0.4, -0.2) is 10.1 Å². The first-order valence-electron chi connectivity index (χ1n) is 3.93. The van der Waals surface area contributed by atoms with Crippen LogP contribution in [0.25, 0.3) is 10.9 Å². The topological polar surface area (TPSA) is 88.6 Å². The number of nitrogens with zero attached hydrogens (tertiary/aromatic N) is 2. The molecule has 0 saturated carbocycles. The highest BCUT2D eigenvalue weighted by Crippen LogP contribution is 2.35. The van der Waals surface area contributed by atoms with E-state index in [0.717, 1.165) is 0 Å². The summed E-state index contributed by atoms with van der Waals surface area (Å²) in [4.78, 5) is 14.4. The van der Waals surface area contributed by atoms with E-state index in [2.05, 4.69) is 10.2 Å². The number of benzene rings is 1. The first kappa shape index (κ1) is 8.43. The lowest BCUT2D eigenvalue weighted by Gasteiger charge is -2.04. The Morgan fingerprint density at radius 3 is 3.00 bits per heavy atom. The van der Waals surface area contributed by atoms with Gasteiger partial charge in [0.1, 0.15) is 11.2 Å². The van der Waals surface area contributed by atoms with Gasteiger partial charge < -0.3 is 10.8 Å². The van der Waals surface area contributed by atoms with Crippen molar-refractivity contribution in [3.8, 4) is 5.75 Å². The van der Waals surface area contributed by atoms with E-state index in [1.165, 1.54) is 12.3 Å². The van der Waals surface area contributed by atoms with Gasteiger partial charge in [-0.15, -0.1) is 4.91 Å². The van der Waals surface area contributed by atoms with E-state index >= 15 is 0 Å². The summed E-state index contributed by atoms with van der Waals surface area (Å²) in [5.41, 5.74) is 6.05. The molecule has 1 aromatic heterocycles. The standard InChI is InChI=1S/C9H7N3O2/c10-6-4-7(12-14)5-2-1-3-11-8(5)9(6)13/h1-4,13H,10H2. The molecule has 0 amide bonds. The predicted molar refractivity (Wildman–Crippen MR) is 53.3 cm³/mol. The summed E-state index contributed by atoms with van der Waals surface area (Å²) in [5, 5.41) is 12.9. The van der Waals surface area contributed by atoms with Crippen molar-refractivity contribution < 1.29 is 5.11 Å². The zero-order valence-electron chi connectivity index (χ0n) is 7.14. The van der Waals surface area contributed by atoms with E-state index in [1.807, 2.05) is 0 Å². The molecule has 5 nitrogen and oxygen atoms in total. The van der Waals surface area contributed by atoms with Crippen molar-refractivity contribution in [2.24, 2.45) is 5.18 Å². The molecule has 70 valence electrons. The lowest BCUT2D eigenvalue weighted by Crippen LogP contribution is -1.88. The highest BCUT2D eigenvalue weighted by Gasteiger charge is 2.09. The van der Waals surface area contributed by atoms with Gasteiger partial charge in [-0.1, -0.05) is 0 Å². The largest absolute Gasteiger partial charge is 0.504 e. The molecule has 2 rings (SSSR count). The quantitative estimate of drug-likeness (QED) is 0.407. The molecule has 14 heavy (non-hydrogen) atoms.